The van der Waals surface area contributed by atoms with Crippen LogP contribution in [-0.2, 0) is 0 Å². The highest BCUT2D eigenvalue weighted by molar-refractivity contribution is 5.77. The van der Waals surface area contributed by atoms with Gasteiger partial charge in [0.2, 0.25) is 5.95 Å². The molecule has 1 aromatic carbocycles. The van der Waals surface area contributed by atoms with E-state index in [1.807, 2.05) is 4.90 Å². The first-order chi connectivity index (χ1) is 8.22. The average molecular weight is 235 g/mol. The van der Waals surface area contributed by atoms with Crippen molar-refractivity contribution in [2.24, 2.45) is 0 Å². The van der Waals surface area contributed by atoms with E-state index >= 15 is 0 Å². The van der Waals surface area contributed by atoms with Crippen LogP contribution in [0.1, 0.15) is 12.8 Å². The van der Waals surface area contributed by atoms with Gasteiger partial charge in [-0.25, -0.2) is 9.37 Å². The molecule has 0 bridgehead atoms. The number of β-amino-alcohol motifs (C(OH)–C–C–N with tert-alkyl or cyclic N) is 1. The third-order valence-corrected chi connectivity index (χ3v) is 3.13. The number of H-pyrrole nitrogens is 1. The summed E-state index contributed by atoms with van der Waals surface area (Å²) in [6.45, 7) is 1.46. The smallest absolute Gasteiger partial charge is 0.203 e. The molecule has 3 rings (SSSR count). The number of piperidine rings is 1. The van der Waals surface area contributed by atoms with Gasteiger partial charge in [0.1, 0.15) is 5.82 Å². The molecule has 0 radical (unpaired) electrons. The summed E-state index contributed by atoms with van der Waals surface area (Å²) >= 11 is 0. The number of aliphatic hydroxyl groups is 1. The molecule has 1 atom stereocenters. The van der Waals surface area contributed by atoms with Gasteiger partial charge in [-0.2, -0.15) is 0 Å². The molecule has 2 heterocycles. The van der Waals surface area contributed by atoms with E-state index in [1.165, 1.54) is 12.1 Å². The van der Waals surface area contributed by atoms with Crippen LogP contribution in [0, 0.1) is 5.82 Å². The summed E-state index contributed by atoms with van der Waals surface area (Å²) in [6, 6.07) is 4.50. The monoisotopic (exact) mass is 235 g/mol. The molecule has 1 fully saturated rings. The number of fused-ring (bicyclic) bond motifs is 1. The second-order valence-corrected chi connectivity index (χ2v) is 4.46. The number of aromatic nitrogens is 2. The maximum absolute atomic E-state index is 13.0. The first-order valence-electron chi connectivity index (χ1n) is 5.80. The second kappa shape index (κ2) is 4.00. The van der Waals surface area contributed by atoms with E-state index in [4.69, 9.17) is 0 Å². The van der Waals surface area contributed by atoms with Crippen LogP contribution in [0.4, 0.5) is 10.3 Å². The lowest BCUT2D eigenvalue weighted by atomic mass is 10.1. The molecule has 1 aliphatic rings. The van der Waals surface area contributed by atoms with Gasteiger partial charge in [-0.3, -0.25) is 0 Å². The van der Waals surface area contributed by atoms with E-state index < -0.39 is 0 Å². The molecular formula is C12H14FN3O. The van der Waals surface area contributed by atoms with Crippen molar-refractivity contribution in [3.8, 4) is 0 Å². The zero-order chi connectivity index (χ0) is 11.8. The number of rotatable bonds is 1. The van der Waals surface area contributed by atoms with Crippen molar-refractivity contribution in [2.45, 2.75) is 18.9 Å². The molecule has 1 saturated heterocycles. The predicted molar refractivity (Wildman–Crippen MR) is 63.5 cm³/mol. The molecule has 1 unspecified atom stereocenters. The molecular weight excluding hydrogens is 221 g/mol. The zero-order valence-electron chi connectivity index (χ0n) is 9.36. The maximum Gasteiger partial charge on any atom is 0.203 e. The van der Waals surface area contributed by atoms with Crippen LogP contribution in [0.5, 0.6) is 0 Å². The van der Waals surface area contributed by atoms with Gasteiger partial charge >= 0.3 is 0 Å². The quantitative estimate of drug-likeness (QED) is 0.790. The number of nitrogens with one attached hydrogen (secondary N) is 1. The Hall–Kier alpha value is -1.62. The Morgan fingerprint density at radius 2 is 2.35 bits per heavy atom. The first kappa shape index (κ1) is 10.5. The summed E-state index contributed by atoms with van der Waals surface area (Å²) in [5, 5.41) is 9.62. The zero-order valence-corrected chi connectivity index (χ0v) is 9.36. The minimum atomic E-state index is -0.298. The predicted octanol–water partition coefficient (Wildman–Crippen LogP) is 1.66. The fraction of sp³-hybridized carbons (Fsp3) is 0.417. The molecule has 1 aromatic heterocycles. The summed E-state index contributed by atoms with van der Waals surface area (Å²) in [7, 11) is 0. The third-order valence-electron chi connectivity index (χ3n) is 3.13. The van der Waals surface area contributed by atoms with E-state index in [9.17, 15) is 9.50 Å². The van der Waals surface area contributed by atoms with Crippen molar-refractivity contribution in [1.82, 2.24) is 9.97 Å². The number of benzene rings is 1. The topological polar surface area (TPSA) is 52.1 Å². The molecule has 2 aromatic rings. The molecule has 0 amide bonds. The molecule has 1 aliphatic heterocycles. The van der Waals surface area contributed by atoms with Gasteiger partial charge in [-0.05, 0) is 31.0 Å². The highest BCUT2D eigenvalue weighted by Crippen LogP contribution is 2.21. The summed E-state index contributed by atoms with van der Waals surface area (Å²) in [5.41, 5.74) is 1.45. The highest BCUT2D eigenvalue weighted by atomic mass is 19.1. The van der Waals surface area contributed by atoms with Crippen molar-refractivity contribution in [3.05, 3.63) is 24.0 Å². The van der Waals surface area contributed by atoms with Gasteiger partial charge in [-0.1, -0.05) is 0 Å². The lowest BCUT2D eigenvalue weighted by Crippen LogP contribution is -2.38. The van der Waals surface area contributed by atoms with Crippen LogP contribution in [-0.4, -0.2) is 34.3 Å². The summed E-state index contributed by atoms with van der Waals surface area (Å²) in [5.74, 6) is 0.440. The third kappa shape index (κ3) is 1.98. The van der Waals surface area contributed by atoms with Crippen LogP contribution < -0.4 is 4.90 Å². The van der Waals surface area contributed by atoms with E-state index in [-0.39, 0.29) is 11.9 Å². The lowest BCUT2D eigenvalue weighted by molar-refractivity contribution is 0.153. The standard InChI is InChI=1S/C12H14FN3O/c13-8-3-4-10-11(6-8)15-12(14-10)16-5-1-2-9(17)7-16/h3-4,6,9,17H,1-2,5,7H2,(H,14,15). The molecule has 0 saturated carbocycles. The lowest BCUT2D eigenvalue weighted by Gasteiger charge is -2.29. The van der Waals surface area contributed by atoms with Crippen molar-refractivity contribution in [1.29, 1.82) is 0 Å². The average Bonchev–Trinajstić information content (AvgIpc) is 2.72. The first-order valence-corrected chi connectivity index (χ1v) is 5.80. The maximum atomic E-state index is 13.0. The molecule has 0 spiro atoms. The van der Waals surface area contributed by atoms with Crippen molar-refractivity contribution in [3.63, 3.8) is 0 Å². The largest absolute Gasteiger partial charge is 0.391 e. The Morgan fingerprint density at radius 3 is 3.18 bits per heavy atom. The van der Waals surface area contributed by atoms with Gasteiger partial charge in [0.25, 0.3) is 0 Å². The number of nitrogens with zero attached hydrogens (tertiary/aromatic N) is 2. The minimum absolute atomic E-state index is 0.272. The van der Waals surface area contributed by atoms with Gasteiger partial charge in [0.05, 0.1) is 17.1 Å². The fourth-order valence-electron chi connectivity index (χ4n) is 2.27. The van der Waals surface area contributed by atoms with Gasteiger partial charge in [-0.15, -0.1) is 0 Å². The van der Waals surface area contributed by atoms with Crippen molar-refractivity contribution in [2.75, 3.05) is 18.0 Å². The number of hydrogen-bond acceptors (Lipinski definition) is 3. The van der Waals surface area contributed by atoms with E-state index in [1.54, 1.807) is 6.07 Å². The molecule has 5 heteroatoms. The molecule has 4 nitrogen and oxygen atoms in total. The number of aromatic amines is 1. The number of imidazole rings is 1. The number of anilines is 1. The highest BCUT2D eigenvalue weighted by Gasteiger charge is 2.20. The minimum Gasteiger partial charge on any atom is -0.391 e. The Bertz CT molecular complexity index is 540. The Morgan fingerprint density at radius 1 is 1.47 bits per heavy atom. The van der Waals surface area contributed by atoms with Crippen LogP contribution >= 0.6 is 0 Å². The number of aliphatic hydroxyl groups excluding tert-OH is 1. The number of hydrogen-bond donors (Lipinski definition) is 2. The Kier molecular flexibility index (Phi) is 2.48. The molecule has 2 N–H and O–H groups in total. The van der Waals surface area contributed by atoms with Crippen LogP contribution in [0.15, 0.2) is 18.2 Å². The van der Waals surface area contributed by atoms with E-state index in [2.05, 4.69) is 9.97 Å². The molecule has 0 aliphatic carbocycles. The summed E-state index contributed by atoms with van der Waals surface area (Å²) in [6.07, 6.45) is 1.49. The molecule has 17 heavy (non-hydrogen) atoms. The normalized spacial score (nSPS) is 21.1. The van der Waals surface area contributed by atoms with Crippen molar-refractivity contribution < 1.29 is 9.50 Å². The Labute approximate surface area is 98.1 Å². The second-order valence-electron chi connectivity index (χ2n) is 4.46. The van der Waals surface area contributed by atoms with Crippen LogP contribution in [0.3, 0.4) is 0 Å². The van der Waals surface area contributed by atoms with Gasteiger partial charge in [0, 0.05) is 13.1 Å². The fourth-order valence-corrected chi connectivity index (χ4v) is 2.27. The summed E-state index contributed by atoms with van der Waals surface area (Å²) in [4.78, 5) is 9.50. The van der Waals surface area contributed by atoms with Gasteiger partial charge < -0.3 is 15.0 Å². The Balaban J connectivity index is 1.94. The summed E-state index contributed by atoms with van der Waals surface area (Å²) < 4.78 is 13.0. The number of halogens is 1. The van der Waals surface area contributed by atoms with Gasteiger partial charge in [0.15, 0.2) is 0 Å². The van der Waals surface area contributed by atoms with E-state index in [0.717, 1.165) is 24.9 Å². The van der Waals surface area contributed by atoms with Crippen LogP contribution in [0.2, 0.25) is 0 Å². The van der Waals surface area contributed by atoms with Crippen molar-refractivity contribution >= 4 is 17.0 Å². The van der Waals surface area contributed by atoms with E-state index in [0.29, 0.717) is 18.0 Å². The van der Waals surface area contributed by atoms with Crippen LogP contribution in [0.25, 0.3) is 11.0 Å². The molecule has 90 valence electrons. The SMILES string of the molecule is OC1CCCN(c2nc3ccc(F)cc3[nH]2)C1.